The van der Waals surface area contributed by atoms with Crippen molar-refractivity contribution in [3.63, 3.8) is 0 Å². The second-order valence-corrected chi connectivity index (χ2v) is 4.41. The topological polar surface area (TPSA) is 30.0 Å². The molecule has 0 amide bonds. The fourth-order valence-electron chi connectivity index (χ4n) is 1.94. The molecule has 18 heavy (non-hydrogen) atoms. The van der Waals surface area contributed by atoms with Crippen LogP contribution in [0, 0.1) is 0 Å². The Bertz CT molecular complexity index is 502. The van der Waals surface area contributed by atoms with Gasteiger partial charge in [0.15, 0.2) is 5.78 Å². The van der Waals surface area contributed by atoms with E-state index in [-0.39, 0.29) is 5.78 Å². The van der Waals surface area contributed by atoms with E-state index in [0.29, 0.717) is 6.42 Å². The van der Waals surface area contributed by atoms with Gasteiger partial charge in [0, 0.05) is 24.4 Å². The summed E-state index contributed by atoms with van der Waals surface area (Å²) in [5, 5.41) is 0. The minimum atomic E-state index is 0.144. The molecule has 2 rings (SSSR count). The maximum absolute atomic E-state index is 12.1. The van der Waals surface area contributed by atoms with E-state index in [1.54, 1.807) is 12.4 Å². The lowest BCUT2D eigenvalue weighted by Crippen LogP contribution is -2.03. The molecule has 0 aliphatic rings. The van der Waals surface area contributed by atoms with E-state index in [9.17, 15) is 4.79 Å². The van der Waals surface area contributed by atoms with Crippen LogP contribution in [0.4, 0.5) is 0 Å². The van der Waals surface area contributed by atoms with Crippen LogP contribution in [0.15, 0.2) is 48.8 Å². The summed E-state index contributed by atoms with van der Waals surface area (Å²) < 4.78 is 0. The van der Waals surface area contributed by atoms with Crippen LogP contribution in [0.1, 0.15) is 34.8 Å². The van der Waals surface area contributed by atoms with E-state index in [2.05, 4.69) is 11.9 Å². The highest BCUT2D eigenvalue weighted by molar-refractivity contribution is 5.97. The molecule has 0 N–H and O–H groups in total. The maximum Gasteiger partial charge on any atom is 0.167 e. The van der Waals surface area contributed by atoms with Crippen molar-refractivity contribution < 1.29 is 4.79 Å². The van der Waals surface area contributed by atoms with Gasteiger partial charge in [0.25, 0.3) is 0 Å². The van der Waals surface area contributed by atoms with Gasteiger partial charge in [0.05, 0.1) is 0 Å². The summed E-state index contributed by atoms with van der Waals surface area (Å²) in [5.41, 5.74) is 3.02. The fourth-order valence-corrected chi connectivity index (χ4v) is 1.94. The third kappa shape index (κ3) is 3.27. The first-order chi connectivity index (χ1) is 8.79. The van der Waals surface area contributed by atoms with Crippen molar-refractivity contribution in [2.75, 3.05) is 0 Å². The molecule has 2 nitrogen and oxygen atoms in total. The van der Waals surface area contributed by atoms with Crippen molar-refractivity contribution in [2.45, 2.75) is 26.2 Å². The lowest BCUT2D eigenvalue weighted by Gasteiger charge is -2.03. The molecular formula is C16H17NO. The molecule has 2 heteroatoms. The van der Waals surface area contributed by atoms with E-state index in [4.69, 9.17) is 0 Å². The predicted molar refractivity (Wildman–Crippen MR) is 72.7 cm³/mol. The van der Waals surface area contributed by atoms with Gasteiger partial charge in [-0.05, 0) is 23.6 Å². The largest absolute Gasteiger partial charge is 0.294 e. The van der Waals surface area contributed by atoms with Crippen LogP contribution in [-0.4, -0.2) is 10.8 Å². The number of carbonyl (C=O) groups is 1. The second kappa shape index (κ2) is 6.10. The van der Waals surface area contributed by atoms with Crippen LogP contribution in [0.5, 0.6) is 0 Å². The lowest BCUT2D eigenvalue weighted by atomic mass is 10.0. The number of carbonyl (C=O) groups excluding carboxylic acids is 1. The van der Waals surface area contributed by atoms with Gasteiger partial charge < -0.3 is 0 Å². The average molecular weight is 239 g/mol. The molecule has 0 bridgehead atoms. The molecule has 0 saturated carbocycles. The Kier molecular flexibility index (Phi) is 4.24. The normalized spacial score (nSPS) is 10.3. The molecule has 0 aliphatic carbocycles. The molecule has 0 radical (unpaired) electrons. The molecule has 0 aliphatic heterocycles. The number of aryl methyl sites for hydroxylation is 1. The Hall–Kier alpha value is -1.96. The van der Waals surface area contributed by atoms with Crippen molar-refractivity contribution in [1.82, 2.24) is 4.98 Å². The van der Waals surface area contributed by atoms with E-state index in [1.165, 1.54) is 5.56 Å². The zero-order chi connectivity index (χ0) is 12.8. The van der Waals surface area contributed by atoms with E-state index in [1.807, 2.05) is 36.4 Å². The van der Waals surface area contributed by atoms with E-state index in [0.717, 1.165) is 24.0 Å². The number of pyridine rings is 1. The molecule has 92 valence electrons. The average Bonchev–Trinajstić information content (AvgIpc) is 2.41. The van der Waals surface area contributed by atoms with Crippen LogP contribution in [0.25, 0.3) is 0 Å². The van der Waals surface area contributed by atoms with Crippen LogP contribution in [0.2, 0.25) is 0 Å². The Morgan fingerprint density at radius 2 is 1.89 bits per heavy atom. The molecule has 0 unspecified atom stereocenters. The number of benzene rings is 1. The van der Waals surface area contributed by atoms with E-state index < -0.39 is 0 Å². The van der Waals surface area contributed by atoms with Crippen molar-refractivity contribution in [1.29, 1.82) is 0 Å². The van der Waals surface area contributed by atoms with Crippen molar-refractivity contribution >= 4 is 5.78 Å². The maximum atomic E-state index is 12.1. The molecule has 1 aromatic heterocycles. The predicted octanol–water partition coefficient (Wildman–Crippen LogP) is 3.46. The molecule has 0 atom stereocenters. The zero-order valence-corrected chi connectivity index (χ0v) is 10.6. The van der Waals surface area contributed by atoms with Crippen molar-refractivity contribution in [2.24, 2.45) is 0 Å². The highest BCUT2D eigenvalue weighted by atomic mass is 16.1. The van der Waals surface area contributed by atoms with Gasteiger partial charge in [-0.1, -0.05) is 43.7 Å². The number of rotatable bonds is 5. The standard InChI is InChI=1S/C16H17NO/c1-2-4-13-6-8-15(9-7-13)16(18)11-14-5-3-10-17-12-14/h3,5-10,12H,2,4,11H2,1H3. The van der Waals surface area contributed by atoms with Crippen LogP contribution >= 0.6 is 0 Å². The molecule has 0 fully saturated rings. The van der Waals surface area contributed by atoms with Gasteiger partial charge in [-0.25, -0.2) is 0 Å². The van der Waals surface area contributed by atoms with Gasteiger partial charge in [-0.15, -0.1) is 0 Å². The van der Waals surface area contributed by atoms with E-state index >= 15 is 0 Å². The Morgan fingerprint density at radius 3 is 2.50 bits per heavy atom. The summed E-state index contributed by atoms with van der Waals surface area (Å²) in [6, 6.07) is 11.7. The molecular weight excluding hydrogens is 222 g/mol. The lowest BCUT2D eigenvalue weighted by molar-refractivity contribution is 0.0993. The Morgan fingerprint density at radius 1 is 1.11 bits per heavy atom. The number of hydrogen-bond acceptors (Lipinski definition) is 2. The minimum absolute atomic E-state index is 0.144. The number of ketones is 1. The number of hydrogen-bond donors (Lipinski definition) is 0. The summed E-state index contributed by atoms with van der Waals surface area (Å²) in [5.74, 6) is 0.144. The summed E-state index contributed by atoms with van der Waals surface area (Å²) in [6.07, 6.45) is 6.07. The Labute approximate surface area is 108 Å². The fraction of sp³-hybridized carbons (Fsp3) is 0.250. The molecule has 0 spiro atoms. The van der Waals surface area contributed by atoms with Gasteiger partial charge in [0.2, 0.25) is 0 Å². The molecule has 2 aromatic rings. The number of nitrogens with zero attached hydrogens (tertiary/aromatic N) is 1. The monoisotopic (exact) mass is 239 g/mol. The molecule has 0 saturated heterocycles. The van der Waals surface area contributed by atoms with Crippen LogP contribution < -0.4 is 0 Å². The van der Waals surface area contributed by atoms with Crippen molar-refractivity contribution in [3.05, 3.63) is 65.5 Å². The first-order valence-corrected chi connectivity index (χ1v) is 6.30. The summed E-state index contributed by atoms with van der Waals surface area (Å²) in [4.78, 5) is 16.1. The second-order valence-electron chi connectivity index (χ2n) is 4.41. The summed E-state index contributed by atoms with van der Waals surface area (Å²) >= 11 is 0. The Balaban J connectivity index is 2.05. The zero-order valence-electron chi connectivity index (χ0n) is 10.6. The highest BCUT2D eigenvalue weighted by Gasteiger charge is 2.06. The van der Waals surface area contributed by atoms with Gasteiger partial charge >= 0.3 is 0 Å². The van der Waals surface area contributed by atoms with Crippen molar-refractivity contribution in [3.8, 4) is 0 Å². The van der Waals surface area contributed by atoms with Crippen LogP contribution in [-0.2, 0) is 12.8 Å². The molecule has 1 aromatic carbocycles. The molecule has 1 heterocycles. The third-order valence-electron chi connectivity index (χ3n) is 2.90. The summed E-state index contributed by atoms with van der Waals surface area (Å²) in [7, 11) is 0. The first kappa shape index (κ1) is 12.5. The smallest absolute Gasteiger partial charge is 0.167 e. The summed E-state index contributed by atoms with van der Waals surface area (Å²) in [6.45, 7) is 2.15. The number of aromatic nitrogens is 1. The van der Waals surface area contributed by atoms with Gasteiger partial charge in [-0.3, -0.25) is 9.78 Å². The SMILES string of the molecule is CCCc1ccc(C(=O)Cc2cccnc2)cc1. The van der Waals surface area contributed by atoms with Gasteiger partial charge in [-0.2, -0.15) is 0 Å². The highest BCUT2D eigenvalue weighted by Crippen LogP contribution is 2.10. The minimum Gasteiger partial charge on any atom is -0.294 e. The third-order valence-corrected chi connectivity index (χ3v) is 2.90. The van der Waals surface area contributed by atoms with Crippen LogP contribution in [0.3, 0.4) is 0 Å². The quantitative estimate of drug-likeness (QED) is 0.748. The van der Waals surface area contributed by atoms with Gasteiger partial charge in [0.1, 0.15) is 0 Å². The first-order valence-electron chi connectivity index (χ1n) is 6.30. The number of Topliss-reactive ketones (excluding diaryl/α,β-unsaturated/α-hetero) is 1.